The molecule has 4 rings (SSSR count). The van der Waals surface area contributed by atoms with Crippen LogP contribution in [0.25, 0.3) is 0 Å². The van der Waals surface area contributed by atoms with Crippen LogP contribution >= 0.6 is 38.9 Å². The van der Waals surface area contributed by atoms with Crippen LogP contribution in [0.2, 0.25) is 5.02 Å². The van der Waals surface area contributed by atoms with Crippen molar-refractivity contribution in [3.8, 4) is 0 Å². The Kier molecular flexibility index (Phi) is 5.98. The van der Waals surface area contributed by atoms with Crippen molar-refractivity contribution in [2.45, 2.75) is 18.8 Å². The third-order valence-electron chi connectivity index (χ3n) is 4.63. The van der Waals surface area contributed by atoms with E-state index in [1.165, 1.54) is 11.3 Å². The van der Waals surface area contributed by atoms with Gasteiger partial charge in [-0.3, -0.25) is 9.59 Å². The van der Waals surface area contributed by atoms with Gasteiger partial charge in [0.15, 0.2) is 10.4 Å². The number of aromatic nitrogens is 2. The van der Waals surface area contributed by atoms with Crippen molar-refractivity contribution in [3.05, 3.63) is 61.9 Å². The zero-order valence-electron chi connectivity index (χ0n) is 15.1. The SMILES string of the molecule is O=C(Nc1cccc(Cl)c1)c1nnc(C2CCN(C(=O)c3ccc(Br)o3)CC2)s1. The molecule has 3 heterocycles. The maximum atomic E-state index is 12.5. The number of carbonyl (C=O) groups is 2. The number of nitrogens with one attached hydrogen (secondary N) is 1. The lowest BCUT2D eigenvalue weighted by Gasteiger charge is -2.30. The monoisotopic (exact) mass is 494 g/mol. The molecule has 3 aromatic rings. The highest BCUT2D eigenvalue weighted by Gasteiger charge is 2.28. The van der Waals surface area contributed by atoms with Crippen LogP contribution in [0.3, 0.4) is 0 Å². The summed E-state index contributed by atoms with van der Waals surface area (Å²) in [7, 11) is 0. The topological polar surface area (TPSA) is 88.3 Å². The number of rotatable bonds is 4. The standard InChI is InChI=1S/C19H16BrClN4O3S/c20-15-5-4-14(28-15)19(27)25-8-6-11(7-9-25)17-23-24-18(29-17)16(26)22-13-3-1-2-12(21)10-13/h1-5,10-11H,6-9H2,(H,22,26). The molecule has 10 heteroatoms. The van der Waals surface area contributed by atoms with Crippen molar-refractivity contribution in [2.24, 2.45) is 0 Å². The minimum absolute atomic E-state index is 0.118. The minimum Gasteiger partial charge on any atom is -0.444 e. The first-order valence-corrected chi connectivity index (χ1v) is 10.9. The zero-order chi connectivity index (χ0) is 20.4. The summed E-state index contributed by atoms with van der Waals surface area (Å²) in [6, 6.07) is 10.3. The Labute approximate surface area is 184 Å². The number of piperidine rings is 1. The summed E-state index contributed by atoms with van der Waals surface area (Å²) < 4.78 is 5.88. The quantitative estimate of drug-likeness (QED) is 0.561. The molecule has 2 aromatic heterocycles. The Hall–Kier alpha value is -2.23. The van der Waals surface area contributed by atoms with E-state index in [0.717, 1.165) is 17.8 Å². The average molecular weight is 496 g/mol. The summed E-state index contributed by atoms with van der Waals surface area (Å²) in [5.41, 5.74) is 0.607. The summed E-state index contributed by atoms with van der Waals surface area (Å²) in [6.07, 6.45) is 1.52. The zero-order valence-corrected chi connectivity index (χ0v) is 18.3. The third-order valence-corrected chi connectivity index (χ3v) is 6.38. The Morgan fingerprint density at radius 2 is 2.00 bits per heavy atom. The second kappa shape index (κ2) is 8.64. The lowest BCUT2D eigenvalue weighted by molar-refractivity contribution is 0.0679. The minimum atomic E-state index is -0.313. The molecule has 0 atom stereocenters. The molecule has 29 heavy (non-hydrogen) atoms. The second-order valence-corrected chi connectivity index (χ2v) is 8.81. The van der Waals surface area contributed by atoms with Crippen molar-refractivity contribution in [3.63, 3.8) is 0 Å². The molecule has 2 amide bonds. The second-order valence-electron chi connectivity index (χ2n) is 6.58. The van der Waals surface area contributed by atoms with Gasteiger partial charge in [0.2, 0.25) is 5.01 Å². The number of furan rings is 1. The van der Waals surface area contributed by atoms with Gasteiger partial charge < -0.3 is 14.6 Å². The van der Waals surface area contributed by atoms with E-state index in [4.69, 9.17) is 16.0 Å². The van der Waals surface area contributed by atoms with Gasteiger partial charge in [0.05, 0.1) is 0 Å². The van der Waals surface area contributed by atoms with Gasteiger partial charge in [-0.1, -0.05) is 29.0 Å². The van der Waals surface area contributed by atoms with Crippen LogP contribution in [0.5, 0.6) is 0 Å². The number of nitrogens with zero attached hydrogens (tertiary/aromatic N) is 3. The van der Waals surface area contributed by atoms with Gasteiger partial charge >= 0.3 is 0 Å². The Balaban J connectivity index is 1.35. The Morgan fingerprint density at radius 1 is 1.21 bits per heavy atom. The molecule has 0 bridgehead atoms. The number of hydrogen-bond donors (Lipinski definition) is 1. The van der Waals surface area contributed by atoms with Gasteiger partial charge in [0.1, 0.15) is 5.01 Å². The third kappa shape index (κ3) is 4.68. The first-order valence-electron chi connectivity index (χ1n) is 8.94. The van der Waals surface area contributed by atoms with Gasteiger partial charge in [-0.15, -0.1) is 10.2 Å². The van der Waals surface area contributed by atoms with Crippen LogP contribution in [-0.4, -0.2) is 40.0 Å². The van der Waals surface area contributed by atoms with E-state index in [-0.39, 0.29) is 17.7 Å². The summed E-state index contributed by atoms with van der Waals surface area (Å²) in [6.45, 7) is 1.21. The van der Waals surface area contributed by atoms with E-state index in [2.05, 4.69) is 31.4 Å². The number of carbonyl (C=O) groups excluding carboxylic acids is 2. The lowest BCUT2D eigenvalue weighted by atomic mass is 9.97. The van der Waals surface area contributed by atoms with E-state index in [1.807, 2.05) is 0 Å². The smallest absolute Gasteiger partial charge is 0.289 e. The van der Waals surface area contributed by atoms with Gasteiger partial charge in [-0.25, -0.2) is 0 Å². The average Bonchev–Trinajstić information content (AvgIpc) is 3.37. The predicted octanol–water partition coefficient (Wildman–Crippen LogP) is 4.82. The lowest BCUT2D eigenvalue weighted by Crippen LogP contribution is -2.37. The number of anilines is 1. The normalized spacial score (nSPS) is 14.8. The number of halogens is 2. The molecule has 1 aliphatic heterocycles. The fraction of sp³-hybridized carbons (Fsp3) is 0.263. The van der Waals surface area contributed by atoms with E-state index >= 15 is 0 Å². The number of likely N-dealkylation sites (tertiary alicyclic amines) is 1. The molecule has 1 saturated heterocycles. The van der Waals surface area contributed by atoms with Gasteiger partial charge in [0.25, 0.3) is 11.8 Å². The highest BCUT2D eigenvalue weighted by Crippen LogP contribution is 2.31. The van der Waals surface area contributed by atoms with E-state index in [1.54, 1.807) is 41.3 Å². The summed E-state index contributed by atoms with van der Waals surface area (Å²) in [5.74, 6) is 0.0684. The van der Waals surface area contributed by atoms with E-state index in [9.17, 15) is 9.59 Å². The fourth-order valence-corrected chi connectivity index (χ4v) is 4.56. The summed E-state index contributed by atoms with van der Waals surface area (Å²) in [4.78, 5) is 26.7. The largest absolute Gasteiger partial charge is 0.444 e. The molecule has 1 aromatic carbocycles. The van der Waals surface area contributed by atoms with E-state index in [0.29, 0.717) is 39.2 Å². The molecule has 1 fully saturated rings. The van der Waals surface area contributed by atoms with Crippen molar-refractivity contribution < 1.29 is 14.0 Å². The number of amides is 2. The van der Waals surface area contributed by atoms with Crippen molar-refractivity contribution in [2.75, 3.05) is 18.4 Å². The molecule has 0 spiro atoms. The molecule has 0 saturated carbocycles. The maximum Gasteiger partial charge on any atom is 0.289 e. The Bertz CT molecular complexity index is 1050. The van der Waals surface area contributed by atoms with Crippen LogP contribution in [0, 0.1) is 0 Å². The molecule has 7 nitrogen and oxygen atoms in total. The van der Waals surface area contributed by atoms with Crippen LogP contribution < -0.4 is 5.32 Å². The van der Waals surface area contributed by atoms with Crippen LogP contribution in [-0.2, 0) is 0 Å². The van der Waals surface area contributed by atoms with Gasteiger partial charge in [0, 0.05) is 29.7 Å². The maximum absolute atomic E-state index is 12.5. The summed E-state index contributed by atoms with van der Waals surface area (Å²) >= 11 is 10.4. The Morgan fingerprint density at radius 3 is 2.69 bits per heavy atom. The molecular weight excluding hydrogens is 480 g/mol. The molecule has 0 aliphatic carbocycles. The highest BCUT2D eigenvalue weighted by molar-refractivity contribution is 9.10. The van der Waals surface area contributed by atoms with Crippen LogP contribution in [0.4, 0.5) is 5.69 Å². The molecule has 150 valence electrons. The van der Waals surface area contributed by atoms with Gasteiger partial charge in [-0.2, -0.15) is 0 Å². The first kappa shape index (κ1) is 20.1. The number of benzene rings is 1. The highest BCUT2D eigenvalue weighted by atomic mass is 79.9. The molecule has 0 unspecified atom stereocenters. The molecular formula is C19H16BrClN4O3S. The number of hydrogen-bond acceptors (Lipinski definition) is 6. The van der Waals surface area contributed by atoms with Crippen LogP contribution in [0.15, 0.2) is 45.5 Å². The van der Waals surface area contributed by atoms with E-state index < -0.39 is 0 Å². The fourth-order valence-electron chi connectivity index (χ4n) is 3.16. The first-order chi connectivity index (χ1) is 14.0. The predicted molar refractivity (Wildman–Crippen MR) is 114 cm³/mol. The van der Waals surface area contributed by atoms with Crippen LogP contribution in [0.1, 0.15) is 44.1 Å². The molecule has 0 radical (unpaired) electrons. The molecule has 1 aliphatic rings. The van der Waals surface area contributed by atoms with Crippen molar-refractivity contribution in [1.82, 2.24) is 15.1 Å². The van der Waals surface area contributed by atoms with Crippen molar-refractivity contribution >= 4 is 56.4 Å². The summed E-state index contributed by atoms with van der Waals surface area (Å²) in [5, 5.41) is 12.7. The van der Waals surface area contributed by atoms with Gasteiger partial charge in [-0.05, 0) is 59.1 Å². The molecule has 1 N–H and O–H groups in total. The van der Waals surface area contributed by atoms with Crippen molar-refractivity contribution in [1.29, 1.82) is 0 Å².